The number of hydrazine groups is 1. The molecule has 5 heterocycles. The lowest BCUT2D eigenvalue weighted by Crippen LogP contribution is -2.42. The lowest BCUT2D eigenvalue weighted by molar-refractivity contribution is 0.0350. The first-order valence-electron chi connectivity index (χ1n) is 12.5. The van der Waals surface area contributed by atoms with E-state index in [0.29, 0.717) is 11.6 Å². The zero-order chi connectivity index (χ0) is 24.7. The number of nitrogens with two attached hydrogens (primary N) is 2. The number of hydrogen-bond donors (Lipinski definition) is 3. The predicted octanol–water partition coefficient (Wildman–Crippen LogP) is 2.82. The molecule has 0 aromatic carbocycles. The number of piperidine rings is 1. The molecular weight excluding hydrogens is 442 g/mol. The van der Waals surface area contributed by atoms with Crippen molar-refractivity contribution in [3.63, 3.8) is 0 Å². The molecule has 0 spiro atoms. The molecule has 9 nitrogen and oxygen atoms in total. The molecule has 0 radical (unpaired) electrons. The van der Waals surface area contributed by atoms with Gasteiger partial charge in [0.25, 0.3) is 0 Å². The summed E-state index contributed by atoms with van der Waals surface area (Å²) in [6, 6.07) is 6.36. The fourth-order valence-corrected chi connectivity index (χ4v) is 5.41. The van der Waals surface area contributed by atoms with Crippen molar-refractivity contribution in [2.24, 2.45) is 17.5 Å². The SMILES string of the molecule is C/C(N)=C(\c1cnc2c3ccc(N4CCC(C)(O)CC4)nc3n(CC3CCOCC3)c2c1)N(C)N. The Morgan fingerprint density at radius 2 is 1.97 bits per heavy atom. The number of fused-ring (bicyclic) bond motifs is 3. The van der Waals surface area contributed by atoms with Crippen LogP contribution in [0.1, 0.15) is 45.1 Å². The highest BCUT2D eigenvalue weighted by Crippen LogP contribution is 2.33. The van der Waals surface area contributed by atoms with Crippen LogP contribution in [-0.4, -0.2) is 63.6 Å². The highest BCUT2D eigenvalue weighted by Gasteiger charge is 2.28. The van der Waals surface area contributed by atoms with E-state index in [1.165, 1.54) is 0 Å². The fraction of sp³-hybridized carbons (Fsp3) is 0.538. The molecule has 5 rings (SSSR count). The topological polar surface area (TPSA) is 119 Å². The van der Waals surface area contributed by atoms with Crippen molar-refractivity contribution < 1.29 is 9.84 Å². The second kappa shape index (κ2) is 9.29. The maximum atomic E-state index is 10.4. The van der Waals surface area contributed by atoms with Gasteiger partial charge in [-0.1, -0.05) is 0 Å². The Labute approximate surface area is 206 Å². The van der Waals surface area contributed by atoms with E-state index >= 15 is 0 Å². The summed E-state index contributed by atoms with van der Waals surface area (Å²) in [5, 5.41) is 13.0. The Morgan fingerprint density at radius 1 is 1.26 bits per heavy atom. The van der Waals surface area contributed by atoms with Gasteiger partial charge in [-0.2, -0.15) is 0 Å². The molecule has 0 aliphatic carbocycles. The first-order valence-corrected chi connectivity index (χ1v) is 12.5. The summed E-state index contributed by atoms with van der Waals surface area (Å²) in [4.78, 5) is 12.3. The average Bonchev–Trinajstić information content (AvgIpc) is 3.11. The zero-order valence-electron chi connectivity index (χ0n) is 21.0. The van der Waals surface area contributed by atoms with Gasteiger partial charge in [-0.15, -0.1) is 0 Å². The van der Waals surface area contributed by atoms with Crippen LogP contribution in [0.15, 0.2) is 30.1 Å². The molecule has 0 bridgehead atoms. The smallest absolute Gasteiger partial charge is 0.145 e. The average molecular weight is 480 g/mol. The molecule has 3 aromatic heterocycles. The van der Waals surface area contributed by atoms with Crippen molar-refractivity contribution in [1.82, 2.24) is 19.5 Å². The standard InChI is InChI=1S/C26H37N7O2/c1-17(27)24(31(3)28)19-14-21-23(29-15-19)20-4-5-22(32-10-8-26(2,34)9-11-32)30-25(20)33(21)16-18-6-12-35-13-7-18/h4-5,14-15,18,34H,6-13,16,27-28H2,1-3H3/b24-17-. The van der Waals surface area contributed by atoms with Crippen molar-refractivity contribution >= 4 is 33.6 Å². The minimum absolute atomic E-state index is 0.519. The number of nitrogens with zero attached hydrogens (tertiary/aromatic N) is 5. The minimum atomic E-state index is -0.596. The first kappa shape index (κ1) is 23.8. The van der Waals surface area contributed by atoms with E-state index < -0.39 is 5.60 Å². The van der Waals surface area contributed by atoms with Gasteiger partial charge in [-0.25, -0.2) is 10.8 Å². The number of aromatic nitrogens is 3. The molecule has 0 atom stereocenters. The van der Waals surface area contributed by atoms with Gasteiger partial charge in [0.15, 0.2) is 0 Å². The summed E-state index contributed by atoms with van der Waals surface area (Å²) in [5.74, 6) is 7.58. The van der Waals surface area contributed by atoms with E-state index in [1.807, 2.05) is 20.0 Å². The van der Waals surface area contributed by atoms with Gasteiger partial charge >= 0.3 is 0 Å². The second-order valence-corrected chi connectivity index (χ2v) is 10.4. The van der Waals surface area contributed by atoms with E-state index in [2.05, 4.69) is 27.7 Å². The Bertz CT molecular complexity index is 1240. The molecule has 2 fully saturated rings. The van der Waals surface area contributed by atoms with E-state index in [9.17, 15) is 5.11 Å². The normalized spacial score (nSPS) is 19.9. The molecule has 9 heteroatoms. The largest absolute Gasteiger partial charge is 0.401 e. The Balaban J connectivity index is 1.63. The van der Waals surface area contributed by atoms with Crippen LogP contribution >= 0.6 is 0 Å². The third-order valence-corrected chi connectivity index (χ3v) is 7.48. The van der Waals surface area contributed by atoms with Crippen molar-refractivity contribution in [1.29, 1.82) is 0 Å². The van der Waals surface area contributed by atoms with Crippen molar-refractivity contribution in [3.05, 3.63) is 35.7 Å². The Hall–Kier alpha value is -2.88. The molecule has 35 heavy (non-hydrogen) atoms. The first-order chi connectivity index (χ1) is 16.7. The van der Waals surface area contributed by atoms with Crippen molar-refractivity contribution in [2.75, 3.05) is 38.3 Å². The summed E-state index contributed by atoms with van der Waals surface area (Å²) < 4.78 is 7.93. The van der Waals surface area contributed by atoms with Gasteiger partial charge in [0.1, 0.15) is 11.5 Å². The van der Waals surface area contributed by atoms with Crippen molar-refractivity contribution in [3.8, 4) is 0 Å². The van der Waals surface area contributed by atoms with Gasteiger partial charge in [-0.3, -0.25) is 4.98 Å². The quantitative estimate of drug-likeness (QED) is 0.378. The summed E-state index contributed by atoms with van der Waals surface area (Å²) in [6.07, 6.45) is 5.39. The molecule has 5 N–H and O–H groups in total. The maximum Gasteiger partial charge on any atom is 0.145 e. The van der Waals surface area contributed by atoms with Crippen LogP contribution < -0.4 is 16.5 Å². The zero-order valence-corrected chi connectivity index (χ0v) is 21.0. The van der Waals surface area contributed by atoms with Crippen LogP contribution in [0.4, 0.5) is 5.82 Å². The lowest BCUT2D eigenvalue weighted by atomic mass is 9.94. The molecule has 0 saturated carbocycles. The predicted molar refractivity (Wildman–Crippen MR) is 139 cm³/mol. The molecule has 2 aliphatic rings. The van der Waals surface area contributed by atoms with Crippen LogP contribution in [0.25, 0.3) is 27.8 Å². The molecule has 2 saturated heterocycles. The monoisotopic (exact) mass is 479 g/mol. The molecule has 0 unspecified atom stereocenters. The number of aliphatic hydroxyl groups is 1. The summed E-state index contributed by atoms with van der Waals surface area (Å²) >= 11 is 0. The molecular formula is C26H37N7O2. The Morgan fingerprint density at radius 3 is 2.63 bits per heavy atom. The number of allylic oxidation sites excluding steroid dienone is 1. The number of rotatable bonds is 5. The third kappa shape index (κ3) is 4.68. The van der Waals surface area contributed by atoms with Crippen molar-refractivity contribution in [2.45, 2.75) is 51.7 Å². The molecule has 188 valence electrons. The number of hydrogen-bond acceptors (Lipinski definition) is 8. The van der Waals surface area contributed by atoms with Crippen LogP contribution in [0, 0.1) is 5.92 Å². The second-order valence-electron chi connectivity index (χ2n) is 10.4. The Kier molecular flexibility index (Phi) is 6.33. The van der Waals surface area contributed by atoms with Crippen LogP contribution in [0.5, 0.6) is 0 Å². The molecule has 2 aliphatic heterocycles. The van der Waals surface area contributed by atoms with Gasteiger partial charge in [-0.05, 0) is 63.6 Å². The molecule has 0 amide bonds. The van der Waals surface area contributed by atoms with E-state index in [0.717, 1.165) is 97.7 Å². The van der Waals surface area contributed by atoms with Crippen LogP contribution in [0.2, 0.25) is 0 Å². The van der Waals surface area contributed by atoms with Gasteiger partial charge in [0, 0.05) is 62.7 Å². The molecule has 3 aromatic rings. The highest BCUT2D eigenvalue weighted by atomic mass is 16.5. The van der Waals surface area contributed by atoms with E-state index in [4.69, 9.17) is 26.3 Å². The number of ether oxygens (including phenoxy) is 1. The fourth-order valence-electron chi connectivity index (χ4n) is 5.41. The third-order valence-electron chi connectivity index (χ3n) is 7.48. The van der Waals surface area contributed by atoms with E-state index in [-0.39, 0.29) is 0 Å². The van der Waals surface area contributed by atoms with Gasteiger partial charge in [0.05, 0.1) is 22.3 Å². The van der Waals surface area contributed by atoms with Crippen LogP contribution in [0.3, 0.4) is 0 Å². The summed E-state index contributed by atoms with van der Waals surface area (Å²) in [7, 11) is 1.79. The van der Waals surface area contributed by atoms with Crippen LogP contribution in [-0.2, 0) is 11.3 Å². The number of anilines is 1. The minimum Gasteiger partial charge on any atom is -0.401 e. The lowest BCUT2D eigenvalue weighted by Gasteiger charge is -2.36. The van der Waals surface area contributed by atoms with Gasteiger partial charge < -0.3 is 30.1 Å². The van der Waals surface area contributed by atoms with Gasteiger partial charge in [0.2, 0.25) is 0 Å². The highest BCUT2D eigenvalue weighted by molar-refractivity contribution is 6.05. The summed E-state index contributed by atoms with van der Waals surface area (Å²) in [5.41, 5.74) is 10.8. The summed E-state index contributed by atoms with van der Waals surface area (Å²) in [6.45, 7) is 7.81. The maximum absolute atomic E-state index is 10.4. The van der Waals surface area contributed by atoms with E-state index in [1.54, 1.807) is 12.1 Å². The number of pyridine rings is 2.